The molecule has 0 bridgehead atoms. The second-order valence-electron chi connectivity index (χ2n) is 8.20. The first-order valence-electron chi connectivity index (χ1n) is 9.71. The van der Waals surface area contributed by atoms with Crippen molar-refractivity contribution >= 4 is 0 Å². The lowest BCUT2D eigenvalue weighted by Crippen LogP contribution is -2.22. The quantitative estimate of drug-likeness (QED) is 0.430. The number of phenols is 1. The Morgan fingerprint density at radius 2 is 1.35 bits per heavy atom. The van der Waals surface area contributed by atoms with E-state index >= 15 is 0 Å². The fourth-order valence-electron chi connectivity index (χ4n) is 3.28. The Morgan fingerprint density at radius 3 is 1.87 bits per heavy atom. The first kappa shape index (κ1) is 20.1. The molecule has 0 saturated carbocycles. The molecule has 1 heteroatoms. The maximum atomic E-state index is 9.43. The van der Waals surface area contributed by atoms with Gasteiger partial charge in [-0.25, -0.2) is 0 Å². The molecule has 1 nitrogen and oxygen atoms in total. The molecule has 1 N–H and O–H groups in total. The van der Waals surface area contributed by atoms with Crippen LogP contribution in [0.2, 0.25) is 0 Å². The highest BCUT2D eigenvalue weighted by Crippen LogP contribution is 2.33. The van der Waals surface area contributed by atoms with Crippen LogP contribution in [-0.4, -0.2) is 5.11 Å². The predicted molar refractivity (Wildman–Crippen MR) is 102 cm³/mol. The van der Waals surface area contributed by atoms with E-state index in [1.54, 1.807) is 0 Å². The van der Waals surface area contributed by atoms with E-state index in [9.17, 15) is 5.11 Å². The van der Waals surface area contributed by atoms with E-state index in [4.69, 9.17) is 0 Å². The van der Waals surface area contributed by atoms with E-state index in [2.05, 4.69) is 39.8 Å². The Balaban J connectivity index is 2.31. The molecule has 0 aliphatic heterocycles. The summed E-state index contributed by atoms with van der Waals surface area (Å²) in [7, 11) is 0. The maximum absolute atomic E-state index is 9.43. The van der Waals surface area contributed by atoms with Gasteiger partial charge in [-0.2, -0.15) is 0 Å². The first-order chi connectivity index (χ1) is 10.9. The number of benzene rings is 1. The van der Waals surface area contributed by atoms with Crippen LogP contribution >= 0.6 is 0 Å². The third-order valence-corrected chi connectivity index (χ3v) is 5.05. The molecule has 0 aromatic heterocycles. The molecule has 23 heavy (non-hydrogen) atoms. The molecule has 1 unspecified atom stereocenters. The maximum Gasteiger partial charge on any atom is 0.115 e. The van der Waals surface area contributed by atoms with Crippen molar-refractivity contribution in [3.8, 4) is 5.75 Å². The van der Waals surface area contributed by atoms with Crippen molar-refractivity contribution in [3.63, 3.8) is 0 Å². The number of hydrogen-bond donors (Lipinski definition) is 1. The minimum Gasteiger partial charge on any atom is -0.508 e. The van der Waals surface area contributed by atoms with Crippen molar-refractivity contribution < 1.29 is 5.11 Å². The zero-order valence-corrected chi connectivity index (χ0v) is 15.9. The Morgan fingerprint density at radius 1 is 0.826 bits per heavy atom. The van der Waals surface area contributed by atoms with Gasteiger partial charge in [0, 0.05) is 0 Å². The first-order valence-corrected chi connectivity index (χ1v) is 9.71. The molecular weight excluding hydrogens is 280 g/mol. The van der Waals surface area contributed by atoms with Crippen molar-refractivity contribution in [2.75, 3.05) is 0 Å². The lowest BCUT2D eigenvalue weighted by Gasteiger charge is -2.31. The summed E-state index contributed by atoms with van der Waals surface area (Å²) in [5.41, 5.74) is 1.70. The molecule has 1 atom stereocenters. The number of hydrogen-bond acceptors (Lipinski definition) is 1. The van der Waals surface area contributed by atoms with Crippen LogP contribution in [0.1, 0.15) is 91.0 Å². The summed E-state index contributed by atoms with van der Waals surface area (Å²) in [5.74, 6) is 1.08. The smallest absolute Gasteiger partial charge is 0.115 e. The third kappa shape index (κ3) is 9.03. The fourth-order valence-corrected chi connectivity index (χ4v) is 3.28. The molecule has 0 radical (unpaired) electrons. The van der Waals surface area contributed by atoms with Crippen LogP contribution in [0.5, 0.6) is 5.75 Å². The average molecular weight is 319 g/mol. The summed E-state index contributed by atoms with van der Waals surface area (Å²) in [6, 6.07) is 7.76. The summed E-state index contributed by atoms with van der Waals surface area (Å²) >= 11 is 0. The molecule has 1 aromatic carbocycles. The van der Waals surface area contributed by atoms with E-state index < -0.39 is 0 Å². The number of aromatic hydroxyl groups is 1. The van der Waals surface area contributed by atoms with Gasteiger partial charge < -0.3 is 5.11 Å². The van der Waals surface area contributed by atoms with Gasteiger partial charge in [0.05, 0.1) is 0 Å². The van der Waals surface area contributed by atoms with Crippen LogP contribution in [0, 0.1) is 11.3 Å². The summed E-state index contributed by atoms with van der Waals surface area (Å²) < 4.78 is 0. The Kier molecular flexibility index (Phi) is 9.36. The third-order valence-electron chi connectivity index (χ3n) is 5.05. The van der Waals surface area contributed by atoms with Crippen molar-refractivity contribution in [1.82, 2.24) is 0 Å². The highest BCUT2D eigenvalue weighted by atomic mass is 16.3. The van der Waals surface area contributed by atoms with Crippen molar-refractivity contribution in [3.05, 3.63) is 29.8 Å². The molecule has 1 aromatic rings. The topological polar surface area (TPSA) is 20.2 Å². The summed E-state index contributed by atoms with van der Waals surface area (Å²) in [6.07, 6.45) is 13.6. The van der Waals surface area contributed by atoms with Crippen LogP contribution in [0.15, 0.2) is 24.3 Å². The van der Waals surface area contributed by atoms with Gasteiger partial charge in [-0.1, -0.05) is 91.2 Å². The van der Waals surface area contributed by atoms with Crippen LogP contribution < -0.4 is 0 Å². The molecule has 0 aliphatic rings. The Labute approximate surface area is 144 Å². The van der Waals surface area contributed by atoms with E-state index in [1.165, 1.54) is 63.4 Å². The van der Waals surface area contributed by atoms with Gasteiger partial charge in [0.15, 0.2) is 0 Å². The van der Waals surface area contributed by atoms with E-state index in [0.717, 1.165) is 6.42 Å². The molecule has 0 fully saturated rings. The zero-order valence-electron chi connectivity index (χ0n) is 15.9. The van der Waals surface area contributed by atoms with E-state index in [1.807, 2.05) is 12.1 Å². The normalized spacial score (nSPS) is 13.2. The summed E-state index contributed by atoms with van der Waals surface area (Å²) in [6.45, 7) is 9.37. The van der Waals surface area contributed by atoms with Gasteiger partial charge in [0.2, 0.25) is 0 Å². The predicted octanol–water partition coefficient (Wildman–Crippen LogP) is 7.13. The van der Waals surface area contributed by atoms with Crippen LogP contribution in [0.4, 0.5) is 0 Å². The summed E-state index contributed by atoms with van der Waals surface area (Å²) in [4.78, 5) is 0. The number of unbranched alkanes of at least 4 members (excludes halogenated alkanes) is 7. The number of phenolic OH excluding ortho intramolecular Hbond substituents is 1. The molecule has 0 heterocycles. The Bertz CT molecular complexity index is 399. The molecule has 132 valence electrons. The van der Waals surface area contributed by atoms with E-state index in [-0.39, 0.29) is 0 Å². The van der Waals surface area contributed by atoms with Gasteiger partial charge >= 0.3 is 0 Å². The van der Waals surface area contributed by atoms with Crippen molar-refractivity contribution in [2.24, 2.45) is 11.3 Å². The van der Waals surface area contributed by atoms with Crippen molar-refractivity contribution in [2.45, 2.75) is 91.9 Å². The minimum absolute atomic E-state index is 0.346. The number of rotatable bonds is 11. The van der Waals surface area contributed by atoms with Gasteiger partial charge in [0.25, 0.3) is 0 Å². The zero-order chi connectivity index (χ0) is 17.1. The standard InChI is InChI=1S/C22H38O/c1-5-6-7-8-9-10-11-12-13-20(22(2,3)4)18-19-14-16-21(23)17-15-19/h14-17,20,23H,5-13,18H2,1-4H3. The molecular formula is C22H38O. The molecule has 0 saturated heterocycles. The van der Waals surface area contributed by atoms with Gasteiger partial charge in [-0.3, -0.25) is 0 Å². The Hall–Kier alpha value is -0.980. The fraction of sp³-hybridized carbons (Fsp3) is 0.727. The van der Waals surface area contributed by atoms with Crippen LogP contribution in [0.3, 0.4) is 0 Å². The molecule has 1 rings (SSSR count). The molecule has 0 spiro atoms. The van der Waals surface area contributed by atoms with E-state index in [0.29, 0.717) is 17.1 Å². The van der Waals surface area contributed by atoms with Crippen LogP contribution in [-0.2, 0) is 6.42 Å². The highest BCUT2D eigenvalue weighted by Gasteiger charge is 2.24. The molecule has 0 aliphatic carbocycles. The van der Waals surface area contributed by atoms with Gasteiger partial charge in [-0.05, 0) is 41.9 Å². The minimum atomic E-state index is 0.346. The SMILES string of the molecule is CCCCCCCCCCC(Cc1ccc(O)cc1)C(C)(C)C. The average Bonchev–Trinajstić information content (AvgIpc) is 2.49. The lowest BCUT2D eigenvalue weighted by molar-refractivity contribution is 0.218. The highest BCUT2D eigenvalue weighted by molar-refractivity contribution is 5.26. The second-order valence-corrected chi connectivity index (χ2v) is 8.20. The second kappa shape index (κ2) is 10.7. The molecule has 0 amide bonds. The van der Waals surface area contributed by atoms with Crippen LogP contribution in [0.25, 0.3) is 0 Å². The lowest BCUT2D eigenvalue weighted by atomic mass is 9.74. The van der Waals surface area contributed by atoms with Gasteiger partial charge in [-0.15, -0.1) is 0 Å². The largest absolute Gasteiger partial charge is 0.508 e. The monoisotopic (exact) mass is 318 g/mol. The van der Waals surface area contributed by atoms with Gasteiger partial charge in [0.1, 0.15) is 5.75 Å². The summed E-state index contributed by atoms with van der Waals surface area (Å²) in [5, 5.41) is 9.43. The van der Waals surface area contributed by atoms with Crippen molar-refractivity contribution in [1.29, 1.82) is 0 Å².